The summed E-state index contributed by atoms with van der Waals surface area (Å²) in [5.41, 5.74) is 5.79. The van der Waals surface area contributed by atoms with Crippen molar-refractivity contribution in [1.29, 1.82) is 0 Å². The van der Waals surface area contributed by atoms with E-state index in [0.717, 1.165) is 24.6 Å². The molecule has 3 N–H and O–H groups in total. The summed E-state index contributed by atoms with van der Waals surface area (Å²) in [7, 11) is 3.83. The lowest BCUT2D eigenvalue weighted by molar-refractivity contribution is 0.405. The van der Waals surface area contributed by atoms with E-state index >= 15 is 0 Å². The maximum absolute atomic E-state index is 5.79. The fourth-order valence-corrected chi connectivity index (χ4v) is 1.94. The number of hydrogen-bond acceptors (Lipinski definition) is 4. The minimum absolute atomic E-state index is 0.493. The summed E-state index contributed by atoms with van der Waals surface area (Å²) in [5.74, 6) is 2.97. The van der Waals surface area contributed by atoms with Crippen molar-refractivity contribution in [3.05, 3.63) is 5.82 Å². The lowest BCUT2D eigenvalue weighted by atomic mass is 9.94. The van der Waals surface area contributed by atoms with Crippen LogP contribution in [0.1, 0.15) is 26.1 Å². The highest BCUT2D eigenvalue weighted by Gasteiger charge is 2.14. The first kappa shape index (κ1) is 13.0. The third-order valence-electron chi connectivity index (χ3n) is 2.80. The van der Waals surface area contributed by atoms with Crippen LogP contribution in [0.2, 0.25) is 0 Å². The Morgan fingerprint density at radius 3 is 2.50 bits per heavy atom. The minimum Gasteiger partial charge on any atom is -0.357 e. The number of aromatic nitrogens is 3. The topological polar surface area (TPSA) is 68.8 Å². The van der Waals surface area contributed by atoms with Gasteiger partial charge in [0.05, 0.1) is 0 Å². The SMILES string of the molecule is CNc1nnc(CC(CN)CC(C)C)n1C. The van der Waals surface area contributed by atoms with Crippen molar-refractivity contribution in [1.82, 2.24) is 14.8 Å². The zero-order valence-electron chi connectivity index (χ0n) is 10.7. The lowest BCUT2D eigenvalue weighted by Gasteiger charge is -2.16. The van der Waals surface area contributed by atoms with Gasteiger partial charge in [-0.25, -0.2) is 0 Å². The van der Waals surface area contributed by atoms with E-state index in [1.807, 2.05) is 18.7 Å². The van der Waals surface area contributed by atoms with Crippen molar-refractivity contribution in [2.24, 2.45) is 24.6 Å². The molecule has 0 saturated carbocycles. The van der Waals surface area contributed by atoms with Gasteiger partial charge in [-0.05, 0) is 24.8 Å². The summed E-state index contributed by atoms with van der Waals surface area (Å²) in [5, 5.41) is 11.2. The molecular weight excluding hydrogens is 202 g/mol. The predicted octanol–water partition coefficient (Wildman–Crippen LogP) is 1.02. The van der Waals surface area contributed by atoms with E-state index in [9.17, 15) is 0 Å². The zero-order valence-corrected chi connectivity index (χ0v) is 10.7. The maximum Gasteiger partial charge on any atom is 0.224 e. The van der Waals surface area contributed by atoms with Crippen LogP contribution in [0.4, 0.5) is 5.95 Å². The molecule has 5 heteroatoms. The Hall–Kier alpha value is -1.10. The summed E-state index contributed by atoms with van der Waals surface area (Å²) in [6.07, 6.45) is 2.04. The summed E-state index contributed by atoms with van der Waals surface area (Å²) < 4.78 is 1.99. The lowest BCUT2D eigenvalue weighted by Crippen LogP contribution is -2.20. The summed E-state index contributed by atoms with van der Waals surface area (Å²) in [4.78, 5) is 0. The first-order chi connectivity index (χ1) is 7.58. The molecule has 0 aliphatic carbocycles. The van der Waals surface area contributed by atoms with Crippen LogP contribution in [-0.2, 0) is 13.5 Å². The van der Waals surface area contributed by atoms with E-state index in [4.69, 9.17) is 5.73 Å². The molecule has 0 radical (unpaired) electrons. The van der Waals surface area contributed by atoms with Crippen LogP contribution >= 0.6 is 0 Å². The van der Waals surface area contributed by atoms with Crippen molar-refractivity contribution < 1.29 is 0 Å². The molecule has 1 unspecified atom stereocenters. The highest BCUT2D eigenvalue weighted by molar-refractivity contribution is 5.23. The Kier molecular flexibility index (Phi) is 4.73. The van der Waals surface area contributed by atoms with Crippen molar-refractivity contribution in [2.45, 2.75) is 26.7 Å². The Bertz CT molecular complexity index is 318. The van der Waals surface area contributed by atoms with Gasteiger partial charge >= 0.3 is 0 Å². The average molecular weight is 225 g/mol. The number of anilines is 1. The molecule has 16 heavy (non-hydrogen) atoms. The first-order valence-corrected chi connectivity index (χ1v) is 5.84. The van der Waals surface area contributed by atoms with Gasteiger partial charge in [-0.3, -0.25) is 0 Å². The van der Waals surface area contributed by atoms with E-state index in [-0.39, 0.29) is 0 Å². The van der Waals surface area contributed by atoms with Gasteiger partial charge in [0, 0.05) is 20.5 Å². The molecule has 1 heterocycles. The number of nitrogens with zero attached hydrogens (tertiary/aromatic N) is 3. The van der Waals surface area contributed by atoms with E-state index in [2.05, 4.69) is 29.4 Å². The van der Waals surface area contributed by atoms with Crippen molar-refractivity contribution in [2.75, 3.05) is 18.9 Å². The third kappa shape index (κ3) is 3.20. The van der Waals surface area contributed by atoms with E-state index in [1.54, 1.807) is 0 Å². The van der Waals surface area contributed by atoms with E-state index in [0.29, 0.717) is 18.4 Å². The van der Waals surface area contributed by atoms with Gasteiger partial charge in [-0.2, -0.15) is 0 Å². The third-order valence-corrected chi connectivity index (χ3v) is 2.80. The van der Waals surface area contributed by atoms with E-state index < -0.39 is 0 Å². The van der Waals surface area contributed by atoms with Gasteiger partial charge in [0.2, 0.25) is 5.95 Å². The van der Waals surface area contributed by atoms with Crippen LogP contribution in [-0.4, -0.2) is 28.4 Å². The van der Waals surface area contributed by atoms with Gasteiger partial charge in [0.25, 0.3) is 0 Å². The van der Waals surface area contributed by atoms with Crippen molar-refractivity contribution in [3.63, 3.8) is 0 Å². The molecule has 1 atom stereocenters. The molecule has 0 spiro atoms. The standard InChI is InChI=1S/C11H23N5/c1-8(2)5-9(7-12)6-10-14-15-11(13-3)16(10)4/h8-9H,5-7,12H2,1-4H3,(H,13,15). The molecule has 5 nitrogen and oxygen atoms in total. The van der Waals surface area contributed by atoms with Crippen molar-refractivity contribution in [3.8, 4) is 0 Å². The average Bonchev–Trinajstić information content (AvgIpc) is 2.58. The van der Waals surface area contributed by atoms with Gasteiger partial charge < -0.3 is 15.6 Å². The second kappa shape index (κ2) is 5.84. The molecule has 0 aliphatic rings. The second-order valence-electron chi connectivity index (χ2n) is 4.68. The summed E-state index contributed by atoms with van der Waals surface area (Å²) in [6.45, 7) is 5.15. The van der Waals surface area contributed by atoms with Crippen LogP contribution in [0.5, 0.6) is 0 Å². The van der Waals surface area contributed by atoms with Gasteiger partial charge in [0.15, 0.2) is 0 Å². The normalized spacial score (nSPS) is 13.1. The monoisotopic (exact) mass is 225 g/mol. The summed E-state index contributed by atoms with van der Waals surface area (Å²) >= 11 is 0. The number of hydrogen-bond donors (Lipinski definition) is 2. The number of rotatable bonds is 6. The predicted molar refractivity (Wildman–Crippen MR) is 66.3 cm³/mol. The van der Waals surface area contributed by atoms with Gasteiger partial charge in [-0.1, -0.05) is 13.8 Å². The van der Waals surface area contributed by atoms with Gasteiger partial charge in [0.1, 0.15) is 5.82 Å². The smallest absolute Gasteiger partial charge is 0.224 e. The molecule has 0 bridgehead atoms. The fourth-order valence-electron chi connectivity index (χ4n) is 1.94. The fraction of sp³-hybridized carbons (Fsp3) is 0.818. The molecule has 1 aromatic heterocycles. The molecular formula is C11H23N5. The molecule has 1 aromatic rings. The number of nitrogens with one attached hydrogen (secondary N) is 1. The highest BCUT2D eigenvalue weighted by atomic mass is 15.3. The Morgan fingerprint density at radius 1 is 1.38 bits per heavy atom. The Morgan fingerprint density at radius 2 is 2.06 bits per heavy atom. The molecule has 1 rings (SSSR count). The molecule has 0 saturated heterocycles. The molecule has 0 amide bonds. The van der Waals surface area contributed by atoms with Gasteiger partial charge in [-0.15, -0.1) is 10.2 Å². The Balaban J connectivity index is 2.66. The largest absolute Gasteiger partial charge is 0.357 e. The van der Waals surface area contributed by atoms with Crippen molar-refractivity contribution >= 4 is 5.95 Å². The summed E-state index contributed by atoms with van der Waals surface area (Å²) in [6, 6.07) is 0. The number of nitrogens with two attached hydrogens (primary N) is 1. The molecule has 0 aliphatic heterocycles. The Labute approximate surface area is 97.4 Å². The zero-order chi connectivity index (χ0) is 12.1. The molecule has 0 aromatic carbocycles. The van der Waals surface area contributed by atoms with Crippen LogP contribution in [0, 0.1) is 11.8 Å². The second-order valence-corrected chi connectivity index (χ2v) is 4.68. The molecule has 92 valence electrons. The minimum atomic E-state index is 0.493. The quantitative estimate of drug-likeness (QED) is 0.758. The van der Waals surface area contributed by atoms with Crippen LogP contribution in [0.15, 0.2) is 0 Å². The highest BCUT2D eigenvalue weighted by Crippen LogP contribution is 2.16. The maximum atomic E-state index is 5.79. The first-order valence-electron chi connectivity index (χ1n) is 5.84. The van der Waals surface area contributed by atoms with Crippen LogP contribution < -0.4 is 11.1 Å². The van der Waals surface area contributed by atoms with E-state index in [1.165, 1.54) is 0 Å². The van der Waals surface area contributed by atoms with Crippen LogP contribution in [0.25, 0.3) is 0 Å². The van der Waals surface area contributed by atoms with Crippen LogP contribution in [0.3, 0.4) is 0 Å². The molecule has 0 fully saturated rings.